The lowest BCUT2D eigenvalue weighted by Crippen LogP contribution is -2.30. The molecule has 0 aromatic heterocycles. The molecule has 2 nitrogen and oxygen atoms in total. The van der Waals surface area contributed by atoms with Crippen LogP contribution in [-0.4, -0.2) is 16.5 Å². The molecular weight excluding hydrogens is 266 g/mol. The van der Waals surface area contributed by atoms with E-state index in [4.69, 9.17) is 22.1 Å². The van der Waals surface area contributed by atoms with E-state index in [1.54, 1.807) is 0 Å². The van der Waals surface area contributed by atoms with Crippen molar-refractivity contribution in [1.29, 1.82) is 0 Å². The van der Waals surface area contributed by atoms with E-state index in [9.17, 15) is 0 Å². The minimum absolute atomic E-state index is 0.0568. The van der Waals surface area contributed by atoms with Crippen LogP contribution in [0.25, 0.3) is 0 Å². The normalized spacial score (nSPS) is 25.3. The highest BCUT2D eigenvalue weighted by molar-refractivity contribution is 8.00. The van der Waals surface area contributed by atoms with Gasteiger partial charge in [-0.05, 0) is 52.3 Å². The predicted molar refractivity (Wildman–Crippen MR) is 79.4 cm³/mol. The number of benzene rings is 1. The lowest BCUT2D eigenvalue weighted by Gasteiger charge is -2.27. The summed E-state index contributed by atoms with van der Waals surface area (Å²) in [6.45, 7) is 8.59. The van der Waals surface area contributed by atoms with Crippen molar-refractivity contribution >= 4 is 29.1 Å². The molecule has 0 aliphatic carbocycles. The molecule has 1 fully saturated rings. The number of hydrogen-bond donors (Lipinski definition) is 1. The van der Waals surface area contributed by atoms with Gasteiger partial charge in [-0.3, -0.25) is 0 Å². The second-order valence-electron chi connectivity index (χ2n) is 5.96. The molecule has 1 unspecified atom stereocenters. The largest absolute Gasteiger partial charge is 0.398 e. The Hall–Kier alpha value is -0.380. The van der Waals surface area contributed by atoms with Crippen LogP contribution in [0, 0.1) is 0 Å². The van der Waals surface area contributed by atoms with Crippen LogP contribution < -0.4 is 5.73 Å². The summed E-state index contributed by atoms with van der Waals surface area (Å²) in [4.78, 5) is 1.15. The van der Waals surface area contributed by atoms with Gasteiger partial charge in [-0.1, -0.05) is 11.6 Å². The van der Waals surface area contributed by atoms with Crippen LogP contribution in [0.5, 0.6) is 0 Å². The number of halogens is 1. The van der Waals surface area contributed by atoms with E-state index in [1.807, 2.05) is 30.0 Å². The summed E-state index contributed by atoms with van der Waals surface area (Å²) in [6.07, 6.45) is 1.03. The summed E-state index contributed by atoms with van der Waals surface area (Å²) >= 11 is 7.88. The molecular formula is C14H20ClNOS. The number of ether oxygens (including phenoxy) is 1. The molecule has 1 saturated heterocycles. The Morgan fingerprint density at radius 2 is 2.00 bits per heavy atom. The maximum absolute atomic E-state index is 6.10. The summed E-state index contributed by atoms with van der Waals surface area (Å²) in [7, 11) is 0. The first-order valence-electron chi connectivity index (χ1n) is 6.11. The number of anilines is 1. The fourth-order valence-electron chi connectivity index (χ4n) is 2.44. The highest BCUT2D eigenvalue weighted by atomic mass is 35.5. The maximum atomic E-state index is 6.10. The Labute approximate surface area is 118 Å². The van der Waals surface area contributed by atoms with Crippen LogP contribution >= 0.6 is 23.4 Å². The van der Waals surface area contributed by atoms with Crippen LogP contribution in [0.15, 0.2) is 23.1 Å². The van der Waals surface area contributed by atoms with E-state index >= 15 is 0 Å². The van der Waals surface area contributed by atoms with Gasteiger partial charge in [-0.15, -0.1) is 11.8 Å². The zero-order chi connectivity index (χ0) is 13.6. The number of hydrogen-bond acceptors (Lipinski definition) is 3. The molecule has 1 aromatic carbocycles. The molecule has 2 rings (SSSR count). The molecule has 0 radical (unpaired) electrons. The summed E-state index contributed by atoms with van der Waals surface area (Å²) in [5, 5.41) is 1.04. The molecule has 0 amide bonds. The van der Waals surface area contributed by atoms with Gasteiger partial charge in [0.1, 0.15) is 0 Å². The number of thioether (sulfide) groups is 1. The molecule has 0 saturated carbocycles. The van der Waals surface area contributed by atoms with Gasteiger partial charge in [0.15, 0.2) is 0 Å². The maximum Gasteiger partial charge on any atom is 0.0756 e. The van der Waals surface area contributed by atoms with Gasteiger partial charge in [0.25, 0.3) is 0 Å². The van der Waals surface area contributed by atoms with E-state index in [1.165, 1.54) is 0 Å². The van der Waals surface area contributed by atoms with Crippen molar-refractivity contribution in [2.24, 2.45) is 0 Å². The standard InChI is InChI=1S/C14H20ClNOS/c1-13(2)8-12(14(3,4)17-13)18-9-5-6-11(16)10(15)7-9/h5-7,12H,8,16H2,1-4H3. The summed E-state index contributed by atoms with van der Waals surface area (Å²) in [5.41, 5.74) is 6.18. The fourth-order valence-corrected chi connectivity index (χ4v) is 4.16. The van der Waals surface area contributed by atoms with Crippen molar-refractivity contribution in [3.05, 3.63) is 23.2 Å². The van der Waals surface area contributed by atoms with E-state index in [-0.39, 0.29) is 11.2 Å². The van der Waals surface area contributed by atoms with Crippen LogP contribution in [0.4, 0.5) is 5.69 Å². The SMILES string of the molecule is CC1(C)CC(Sc2ccc(N)c(Cl)c2)C(C)(C)O1. The quantitative estimate of drug-likeness (QED) is 0.820. The molecule has 100 valence electrons. The van der Waals surface area contributed by atoms with Gasteiger partial charge in [0.05, 0.1) is 21.9 Å². The second kappa shape index (κ2) is 4.62. The van der Waals surface area contributed by atoms with Gasteiger partial charge in [-0.2, -0.15) is 0 Å². The highest BCUT2D eigenvalue weighted by Crippen LogP contribution is 2.46. The lowest BCUT2D eigenvalue weighted by atomic mass is 10.0. The molecule has 18 heavy (non-hydrogen) atoms. The monoisotopic (exact) mass is 285 g/mol. The molecule has 0 spiro atoms. The Morgan fingerprint density at radius 3 is 2.50 bits per heavy atom. The van der Waals surface area contributed by atoms with Crippen molar-refractivity contribution in [2.45, 2.75) is 55.5 Å². The third-order valence-corrected chi connectivity index (χ3v) is 5.11. The average Bonchev–Trinajstić information content (AvgIpc) is 2.40. The third kappa shape index (κ3) is 2.95. The fraction of sp³-hybridized carbons (Fsp3) is 0.571. The topological polar surface area (TPSA) is 35.2 Å². The third-order valence-electron chi connectivity index (χ3n) is 3.24. The van der Waals surface area contributed by atoms with E-state index < -0.39 is 0 Å². The van der Waals surface area contributed by atoms with Crippen molar-refractivity contribution in [2.75, 3.05) is 5.73 Å². The highest BCUT2D eigenvalue weighted by Gasteiger charge is 2.46. The molecule has 0 bridgehead atoms. The van der Waals surface area contributed by atoms with Gasteiger partial charge in [0.2, 0.25) is 0 Å². The van der Waals surface area contributed by atoms with Crippen LogP contribution in [0.2, 0.25) is 5.02 Å². The molecule has 2 N–H and O–H groups in total. The molecule has 4 heteroatoms. The number of rotatable bonds is 2. The Morgan fingerprint density at radius 1 is 1.33 bits per heavy atom. The lowest BCUT2D eigenvalue weighted by molar-refractivity contribution is -0.0631. The first kappa shape index (κ1) is 14.0. The molecule has 1 heterocycles. The second-order valence-corrected chi connectivity index (χ2v) is 7.64. The Balaban J connectivity index is 2.16. The smallest absolute Gasteiger partial charge is 0.0756 e. The van der Waals surface area contributed by atoms with E-state index in [0.29, 0.717) is 16.0 Å². The minimum atomic E-state index is -0.123. The van der Waals surface area contributed by atoms with Crippen molar-refractivity contribution in [3.8, 4) is 0 Å². The molecule has 1 aliphatic heterocycles. The summed E-state index contributed by atoms with van der Waals surface area (Å²) in [5.74, 6) is 0. The Bertz CT molecular complexity index is 459. The van der Waals surface area contributed by atoms with Crippen molar-refractivity contribution in [3.63, 3.8) is 0 Å². The Kier molecular flexibility index (Phi) is 3.60. The summed E-state index contributed by atoms with van der Waals surface area (Å²) in [6, 6.07) is 5.81. The van der Waals surface area contributed by atoms with Crippen LogP contribution in [-0.2, 0) is 4.74 Å². The zero-order valence-corrected chi connectivity index (χ0v) is 12.9. The van der Waals surface area contributed by atoms with Crippen LogP contribution in [0.1, 0.15) is 34.1 Å². The van der Waals surface area contributed by atoms with E-state index in [2.05, 4.69) is 27.7 Å². The van der Waals surface area contributed by atoms with Crippen LogP contribution in [0.3, 0.4) is 0 Å². The van der Waals surface area contributed by atoms with Crippen molar-refractivity contribution in [1.82, 2.24) is 0 Å². The molecule has 1 aliphatic rings. The number of nitrogen functional groups attached to an aromatic ring is 1. The van der Waals surface area contributed by atoms with Gasteiger partial charge >= 0.3 is 0 Å². The zero-order valence-electron chi connectivity index (χ0n) is 11.3. The van der Waals surface area contributed by atoms with Gasteiger partial charge in [0, 0.05) is 10.1 Å². The van der Waals surface area contributed by atoms with E-state index in [0.717, 1.165) is 11.3 Å². The first-order valence-corrected chi connectivity index (χ1v) is 7.37. The van der Waals surface area contributed by atoms with Crippen molar-refractivity contribution < 1.29 is 4.74 Å². The van der Waals surface area contributed by atoms with Gasteiger partial charge in [-0.25, -0.2) is 0 Å². The minimum Gasteiger partial charge on any atom is -0.398 e. The summed E-state index contributed by atoms with van der Waals surface area (Å²) < 4.78 is 6.10. The average molecular weight is 286 g/mol. The molecule has 1 aromatic rings. The number of nitrogens with two attached hydrogens (primary N) is 1. The first-order chi connectivity index (χ1) is 8.20. The predicted octanol–water partition coefficient (Wildman–Crippen LogP) is 4.36. The molecule has 1 atom stereocenters. The van der Waals surface area contributed by atoms with Gasteiger partial charge < -0.3 is 10.5 Å².